The van der Waals surface area contributed by atoms with E-state index in [9.17, 15) is 0 Å². The Balaban J connectivity index is 2.95. The van der Waals surface area contributed by atoms with Gasteiger partial charge in [-0.2, -0.15) is 0 Å². The lowest BCUT2D eigenvalue weighted by atomic mass is 9.78. The van der Waals surface area contributed by atoms with E-state index in [1.54, 1.807) is 13.2 Å². The highest BCUT2D eigenvalue weighted by Crippen LogP contribution is 2.38. The number of nitrogens with zero attached hydrogens (tertiary/aromatic N) is 1. The van der Waals surface area contributed by atoms with E-state index in [1.807, 2.05) is 40.7 Å². The molecule has 0 unspecified atom stereocenters. The van der Waals surface area contributed by atoms with E-state index >= 15 is 0 Å². The first-order valence-corrected chi connectivity index (χ1v) is 6.01. The van der Waals surface area contributed by atoms with Gasteiger partial charge < -0.3 is 14.0 Å². The number of rotatable bonds is 4. The number of aliphatic imine (C=N–C) groups is 1. The Bertz CT molecular complexity index is 370. The SMILES string of the molecule is C=N/C(=C\C(=C/C)B1OC(C)(C)C(C)(C)O1)OC. The molecule has 18 heavy (non-hydrogen) atoms. The molecule has 0 radical (unpaired) electrons. The van der Waals surface area contributed by atoms with Crippen LogP contribution in [-0.4, -0.2) is 32.1 Å². The van der Waals surface area contributed by atoms with Crippen molar-refractivity contribution in [1.29, 1.82) is 0 Å². The zero-order valence-corrected chi connectivity index (χ0v) is 12.1. The number of methoxy groups -OCH3 is 1. The third-order valence-electron chi connectivity index (χ3n) is 3.51. The molecule has 0 atom stereocenters. The fourth-order valence-corrected chi connectivity index (χ4v) is 1.58. The van der Waals surface area contributed by atoms with Crippen molar-refractivity contribution in [3.63, 3.8) is 0 Å². The van der Waals surface area contributed by atoms with Gasteiger partial charge in [-0.1, -0.05) is 6.08 Å². The van der Waals surface area contributed by atoms with Gasteiger partial charge in [-0.05, 0) is 52.9 Å². The largest absolute Gasteiger partial charge is 0.494 e. The molecule has 100 valence electrons. The molecule has 1 saturated heterocycles. The van der Waals surface area contributed by atoms with Crippen LogP contribution >= 0.6 is 0 Å². The lowest BCUT2D eigenvalue weighted by Gasteiger charge is -2.32. The van der Waals surface area contributed by atoms with Gasteiger partial charge >= 0.3 is 7.12 Å². The second-order valence-electron chi connectivity index (χ2n) is 5.22. The lowest BCUT2D eigenvalue weighted by Crippen LogP contribution is -2.41. The molecule has 0 aromatic carbocycles. The Kier molecular flexibility index (Phi) is 4.40. The first-order valence-electron chi connectivity index (χ1n) is 6.01. The third-order valence-corrected chi connectivity index (χ3v) is 3.51. The molecule has 1 rings (SSSR count). The first-order chi connectivity index (χ1) is 8.27. The highest BCUT2D eigenvalue weighted by molar-refractivity contribution is 6.55. The van der Waals surface area contributed by atoms with Gasteiger partial charge in [0.25, 0.3) is 0 Å². The summed E-state index contributed by atoms with van der Waals surface area (Å²) in [6, 6.07) is 0. The summed E-state index contributed by atoms with van der Waals surface area (Å²) in [5.74, 6) is 0.442. The third kappa shape index (κ3) is 2.84. The van der Waals surface area contributed by atoms with Crippen molar-refractivity contribution >= 4 is 13.8 Å². The van der Waals surface area contributed by atoms with Crippen LogP contribution in [0.3, 0.4) is 0 Å². The molecule has 4 nitrogen and oxygen atoms in total. The van der Waals surface area contributed by atoms with Crippen molar-refractivity contribution in [3.8, 4) is 0 Å². The number of allylic oxidation sites excluding steroid dienone is 3. The summed E-state index contributed by atoms with van der Waals surface area (Å²) < 4.78 is 17.0. The van der Waals surface area contributed by atoms with E-state index in [0.29, 0.717) is 5.88 Å². The Labute approximate surface area is 110 Å². The van der Waals surface area contributed by atoms with Crippen LogP contribution in [0.4, 0.5) is 0 Å². The zero-order chi connectivity index (χ0) is 14.0. The molecule has 1 fully saturated rings. The van der Waals surface area contributed by atoms with Gasteiger partial charge in [-0.25, -0.2) is 4.99 Å². The maximum Gasteiger partial charge on any atom is 0.494 e. The van der Waals surface area contributed by atoms with E-state index < -0.39 is 7.12 Å². The maximum absolute atomic E-state index is 5.95. The fraction of sp³-hybridized carbons (Fsp3) is 0.615. The highest BCUT2D eigenvalue weighted by atomic mass is 16.7. The minimum absolute atomic E-state index is 0.353. The second-order valence-corrected chi connectivity index (χ2v) is 5.22. The smallest absolute Gasteiger partial charge is 0.481 e. The van der Waals surface area contributed by atoms with Crippen molar-refractivity contribution < 1.29 is 14.0 Å². The normalized spacial score (nSPS) is 23.1. The van der Waals surface area contributed by atoms with Crippen LogP contribution in [0.25, 0.3) is 0 Å². The van der Waals surface area contributed by atoms with Crippen LogP contribution in [0.15, 0.2) is 28.5 Å². The van der Waals surface area contributed by atoms with Gasteiger partial charge in [0.05, 0.1) is 18.3 Å². The molecule has 0 bridgehead atoms. The van der Waals surface area contributed by atoms with Crippen LogP contribution in [0, 0.1) is 0 Å². The number of ether oxygens (including phenoxy) is 1. The first kappa shape index (κ1) is 15.0. The molecule has 1 aliphatic rings. The number of hydrogen-bond donors (Lipinski definition) is 0. The van der Waals surface area contributed by atoms with Crippen molar-refractivity contribution in [1.82, 2.24) is 0 Å². The van der Waals surface area contributed by atoms with Gasteiger partial charge in [-0.3, -0.25) is 0 Å². The van der Waals surface area contributed by atoms with Crippen molar-refractivity contribution in [3.05, 3.63) is 23.5 Å². The average Bonchev–Trinajstić information content (AvgIpc) is 2.50. The quantitative estimate of drug-likeness (QED) is 0.334. The average molecular weight is 251 g/mol. The second kappa shape index (κ2) is 5.28. The standard InChI is InChI=1S/C13H22BNO3/c1-8-10(9-11(15-6)16-7)14-17-12(2,3)13(4,5)18-14/h8-9H,6H2,1-5,7H3/b10-8+,11-9+. The minimum Gasteiger partial charge on any atom is -0.481 e. The molecule has 0 spiro atoms. The van der Waals surface area contributed by atoms with E-state index in [-0.39, 0.29) is 11.2 Å². The molecule has 0 aromatic heterocycles. The summed E-state index contributed by atoms with van der Waals surface area (Å²) in [4.78, 5) is 3.78. The van der Waals surface area contributed by atoms with Crippen molar-refractivity contribution in [2.24, 2.45) is 4.99 Å². The summed E-state index contributed by atoms with van der Waals surface area (Å²) in [7, 11) is 1.14. The van der Waals surface area contributed by atoms with Crippen LogP contribution in [0.2, 0.25) is 0 Å². The Hall–Kier alpha value is -1.07. The molecule has 1 aliphatic heterocycles. The Morgan fingerprint density at radius 3 is 2.06 bits per heavy atom. The van der Waals surface area contributed by atoms with Crippen LogP contribution in [-0.2, 0) is 14.0 Å². The maximum atomic E-state index is 5.95. The number of hydrogen-bond acceptors (Lipinski definition) is 4. The Morgan fingerprint density at radius 2 is 1.72 bits per heavy atom. The molecule has 0 N–H and O–H groups in total. The topological polar surface area (TPSA) is 40.0 Å². The van der Waals surface area contributed by atoms with Crippen molar-refractivity contribution in [2.75, 3.05) is 7.11 Å². The van der Waals surface area contributed by atoms with Gasteiger partial charge in [0.1, 0.15) is 0 Å². The summed E-state index contributed by atoms with van der Waals surface area (Å²) in [6.07, 6.45) is 3.70. The predicted octanol–water partition coefficient (Wildman–Crippen LogP) is 2.75. The minimum atomic E-state index is -0.410. The Morgan fingerprint density at radius 1 is 1.22 bits per heavy atom. The summed E-state index contributed by atoms with van der Waals surface area (Å²) >= 11 is 0. The van der Waals surface area contributed by atoms with Gasteiger partial charge in [0, 0.05) is 0 Å². The van der Waals surface area contributed by atoms with Crippen LogP contribution in [0.1, 0.15) is 34.6 Å². The molecule has 0 aliphatic carbocycles. The van der Waals surface area contributed by atoms with Crippen LogP contribution in [0.5, 0.6) is 0 Å². The molecule has 0 amide bonds. The predicted molar refractivity (Wildman–Crippen MR) is 74.5 cm³/mol. The monoisotopic (exact) mass is 251 g/mol. The molecular weight excluding hydrogens is 229 g/mol. The van der Waals surface area contributed by atoms with Crippen molar-refractivity contribution in [2.45, 2.75) is 45.8 Å². The highest BCUT2D eigenvalue weighted by Gasteiger charge is 2.52. The van der Waals surface area contributed by atoms with E-state index in [0.717, 1.165) is 5.47 Å². The molecule has 0 aromatic rings. The lowest BCUT2D eigenvalue weighted by molar-refractivity contribution is 0.00578. The zero-order valence-electron chi connectivity index (χ0n) is 12.1. The van der Waals surface area contributed by atoms with Gasteiger partial charge in [0.15, 0.2) is 0 Å². The van der Waals surface area contributed by atoms with E-state index in [2.05, 4.69) is 11.7 Å². The van der Waals surface area contributed by atoms with Gasteiger partial charge in [-0.15, -0.1) is 0 Å². The van der Waals surface area contributed by atoms with E-state index in [1.165, 1.54) is 0 Å². The molecule has 0 saturated carbocycles. The fourth-order valence-electron chi connectivity index (χ4n) is 1.58. The summed E-state index contributed by atoms with van der Waals surface area (Å²) in [5, 5.41) is 0. The molecular formula is C13H22BNO3. The summed E-state index contributed by atoms with van der Waals surface area (Å²) in [5.41, 5.74) is 0.168. The molecule has 1 heterocycles. The molecule has 5 heteroatoms. The van der Waals surface area contributed by atoms with E-state index in [4.69, 9.17) is 14.0 Å². The van der Waals surface area contributed by atoms with Crippen LogP contribution < -0.4 is 0 Å². The summed E-state index contributed by atoms with van der Waals surface area (Å²) in [6.45, 7) is 13.5. The van der Waals surface area contributed by atoms with Gasteiger partial charge in [0.2, 0.25) is 5.88 Å².